The van der Waals surface area contributed by atoms with Gasteiger partial charge in [0.2, 0.25) is 0 Å². The highest BCUT2D eigenvalue weighted by Gasteiger charge is 2.56. The van der Waals surface area contributed by atoms with Gasteiger partial charge in [-0.05, 0) is 347 Å². The number of rotatable bonds is 13. The van der Waals surface area contributed by atoms with Gasteiger partial charge in [0.1, 0.15) is 23.0 Å². The topological polar surface area (TPSA) is 57.2 Å². The van der Waals surface area contributed by atoms with Gasteiger partial charge in [-0.25, -0.2) is 0 Å². The summed E-state index contributed by atoms with van der Waals surface area (Å²) in [4.78, 5) is 0. The molecule has 1 N–H and O–H groups in total. The van der Waals surface area contributed by atoms with E-state index < -0.39 is 0 Å². The maximum absolute atomic E-state index is 10.1. The number of ether oxygens (including phenoxy) is 4. The van der Waals surface area contributed by atoms with Crippen LogP contribution in [0.5, 0.6) is 23.0 Å². The summed E-state index contributed by atoms with van der Waals surface area (Å²) >= 11 is 0. The fraction of sp³-hybridized carbons (Fsp3) is 0.677. The van der Waals surface area contributed by atoms with E-state index in [0.717, 1.165) is 72.4 Å². The number of allylic oxidation sites excluding steroid dienone is 5. The zero-order chi connectivity index (χ0) is 70.8. The smallest absolute Gasteiger partial charge is 0.119 e. The molecule has 12 rings (SSSR count). The van der Waals surface area contributed by atoms with Crippen LogP contribution in [0.1, 0.15) is 271 Å². The molecule has 8 aliphatic carbocycles. The van der Waals surface area contributed by atoms with Gasteiger partial charge >= 0.3 is 0 Å². The van der Waals surface area contributed by atoms with Crippen LogP contribution in [-0.4, -0.2) is 40.2 Å². The Kier molecular flexibility index (Phi) is 25.4. The van der Waals surface area contributed by atoms with Crippen LogP contribution in [0.3, 0.4) is 0 Å². The number of benzene rings is 4. The van der Waals surface area contributed by atoms with Gasteiger partial charge in [-0.15, -0.1) is 0 Å². The minimum atomic E-state index is 0. The molecule has 0 aromatic heterocycles. The van der Waals surface area contributed by atoms with Crippen LogP contribution in [0.4, 0.5) is 0 Å². The molecule has 0 radical (unpaired) electrons. The lowest BCUT2D eigenvalue weighted by Gasteiger charge is -2.59. The van der Waals surface area contributed by atoms with E-state index in [-0.39, 0.29) is 7.43 Å². The maximum atomic E-state index is 10.1. The van der Waals surface area contributed by atoms with Gasteiger partial charge in [-0.2, -0.15) is 0 Å². The lowest BCUT2D eigenvalue weighted by molar-refractivity contribution is -0.105. The second kappa shape index (κ2) is 31.5. The van der Waals surface area contributed by atoms with Gasteiger partial charge in [-0.1, -0.05) is 175 Å². The van der Waals surface area contributed by atoms with E-state index in [1.165, 1.54) is 172 Å². The summed E-state index contributed by atoms with van der Waals surface area (Å²) in [5.74, 6) is 9.39. The SMILES string of the molecule is C.C=C1CC[C@H]2C(C)(C)CCC[C@]2(C)[C@H]1Cc1cc(C)cc(OC)c1.COc1cc(C)cc(CC2=C(C)CC[C@H]3C(C)(C)CCC[C@]23C)c1.COc1cc(C)cc(C[C@H]2C(C)=CC[C@H]3C(C)(C)CCC[C@]23C)c1.COc1cc(C)cc(C[C@H]2[C@@H](CO)CC[C@H]3C(C)(C)CCC[C@]23C)c1. The van der Waals surface area contributed by atoms with Crippen molar-refractivity contribution < 1.29 is 24.1 Å². The lowest BCUT2D eigenvalue weighted by Crippen LogP contribution is -2.52. The first-order valence-electron chi connectivity index (χ1n) is 38.8. The highest BCUT2D eigenvalue weighted by atomic mass is 16.5. The second-order valence-electron chi connectivity index (χ2n) is 37.1. The number of fused-ring (bicyclic) bond motifs is 4. The van der Waals surface area contributed by atoms with Crippen LogP contribution in [0.25, 0.3) is 0 Å². The molecule has 5 heteroatoms. The van der Waals surface area contributed by atoms with Crippen LogP contribution in [0.2, 0.25) is 0 Å². The second-order valence-corrected chi connectivity index (χ2v) is 37.1. The number of aryl methyl sites for hydroxylation is 4. The molecule has 4 aromatic rings. The van der Waals surface area contributed by atoms with Crippen molar-refractivity contribution in [3.8, 4) is 23.0 Å². The summed E-state index contributed by atoms with van der Waals surface area (Å²) in [7, 11) is 7.05. The van der Waals surface area contributed by atoms with Crippen molar-refractivity contribution >= 4 is 0 Å². The van der Waals surface area contributed by atoms with E-state index in [9.17, 15) is 5.11 Å². The van der Waals surface area contributed by atoms with Gasteiger partial charge < -0.3 is 24.1 Å². The molecular formula is C93H142O5. The fourth-order valence-corrected chi connectivity index (χ4v) is 24.0. The van der Waals surface area contributed by atoms with Crippen molar-refractivity contribution in [2.75, 3.05) is 35.0 Å². The molecular weight excluding hydrogens is 1200 g/mol. The molecule has 4 aromatic carbocycles. The predicted octanol–water partition coefficient (Wildman–Crippen LogP) is 25.2. The highest BCUT2D eigenvalue weighted by molar-refractivity contribution is 5.41. The van der Waals surface area contributed by atoms with Crippen molar-refractivity contribution in [3.05, 3.63) is 152 Å². The van der Waals surface area contributed by atoms with E-state index in [4.69, 9.17) is 18.9 Å². The molecule has 0 heterocycles. The summed E-state index contributed by atoms with van der Waals surface area (Å²) in [5, 5.41) is 10.1. The highest BCUT2D eigenvalue weighted by Crippen LogP contribution is 2.65. The van der Waals surface area contributed by atoms with Crippen LogP contribution in [0.15, 0.2) is 108 Å². The Morgan fingerprint density at radius 1 is 0.418 bits per heavy atom. The molecule has 98 heavy (non-hydrogen) atoms. The first-order valence-corrected chi connectivity index (χ1v) is 38.8. The molecule has 0 amide bonds. The molecule has 6 fully saturated rings. The molecule has 0 bridgehead atoms. The van der Waals surface area contributed by atoms with Crippen LogP contribution >= 0.6 is 0 Å². The van der Waals surface area contributed by atoms with Crippen molar-refractivity contribution in [2.24, 2.45) is 90.7 Å². The average molecular weight is 1340 g/mol. The minimum Gasteiger partial charge on any atom is -0.497 e. The molecule has 0 spiro atoms. The molecule has 6 saturated carbocycles. The van der Waals surface area contributed by atoms with Crippen molar-refractivity contribution in [1.29, 1.82) is 0 Å². The Hall–Kier alpha value is -4.74. The van der Waals surface area contributed by atoms with Gasteiger partial charge in [0.05, 0.1) is 28.4 Å². The van der Waals surface area contributed by atoms with E-state index in [1.54, 1.807) is 45.2 Å². The quantitative estimate of drug-likeness (QED) is 0.135. The van der Waals surface area contributed by atoms with Crippen molar-refractivity contribution in [3.63, 3.8) is 0 Å². The number of methoxy groups -OCH3 is 4. The third kappa shape index (κ3) is 17.0. The molecule has 544 valence electrons. The zero-order valence-electron chi connectivity index (χ0n) is 65.9. The van der Waals surface area contributed by atoms with E-state index in [0.29, 0.717) is 73.6 Å². The summed E-state index contributed by atoms with van der Waals surface area (Å²) in [6.07, 6.45) is 32.2. The van der Waals surface area contributed by atoms with Gasteiger partial charge in [-0.3, -0.25) is 0 Å². The Bertz CT molecular complexity index is 3400. The molecule has 12 atom stereocenters. The monoisotopic (exact) mass is 1340 g/mol. The van der Waals surface area contributed by atoms with Crippen molar-refractivity contribution in [2.45, 2.75) is 280 Å². The van der Waals surface area contributed by atoms with E-state index in [2.05, 4.69) is 210 Å². The van der Waals surface area contributed by atoms with Crippen molar-refractivity contribution in [1.82, 2.24) is 0 Å². The molecule has 0 saturated heterocycles. The Balaban J connectivity index is 0.000000166. The fourth-order valence-electron chi connectivity index (χ4n) is 24.0. The molecule has 5 nitrogen and oxygen atoms in total. The van der Waals surface area contributed by atoms with Crippen LogP contribution in [0, 0.1) is 118 Å². The normalized spacial score (nSPS) is 31.7. The number of hydrogen-bond acceptors (Lipinski definition) is 5. The Labute approximate surface area is 601 Å². The summed E-state index contributed by atoms with van der Waals surface area (Å²) in [5.41, 5.74) is 20.6. The third-order valence-corrected chi connectivity index (χ3v) is 28.7. The summed E-state index contributed by atoms with van der Waals surface area (Å²) in [6.45, 7) is 48.4. The first kappa shape index (κ1) is 79.0. The number of aliphatic hydroxyl groups excluding tert-OH is 1. The van der Waals surface area contributed by atoms with Crippen LogP contribution in [-0.2, 0) is 25.7 Å². The Morgan fingerprint density at radius 3 is 1.29 bits per heavy atom. The molecule has 0 unspecified atom stereocenters. The Morgan fingerprint density at radius 2 is 0.806 bits per heavy atom. The van der Waals surface area contributed by atoms with Gasteiger partial charge in [0.25, 0.3) is 0 Å². The maximum Gasteiger partial charge on any atom is 0.119 e. The molecule has 8 aliphatic rings. The number of aliphatic hydroxyl groups is 1. The standard InChI is InChI=1S/C23H36O2.3C23H34O.CH4/c1-16-11-17(13-19(12-16)25-5)14-20-18(15-24)7-8-21-22(2,3)9-6-10-23(20,21)4;3*1-16-12-18(14-19(13-16)24-6)15-20-17(2)8-9-21-22(3,4)10-7-11-23(20,21)5;/h11-13,18,20-21,24H,6-10,14-15H2,1-5H3;12-14,21H,7-11,15H2,1-6H3;8,12-14,20-21H,7,9-11,15H2,1-6H3;12-14,20-21H,2,7-11,15H2,1,3-6H3;1H4/t18-,20+,21+,23-;21-,23+;2*20-,21-,23+;/m1000./s1. The van der Waals surface area contributed by atoms with E-state index in [1.807, 2.05) is 0 Å². The minimum absolute atomic E-state index is 0. The third-order valence-electron chi connectivity index (χ3n) is 28.7. The van der Waals surface area contributed by atoms with Gasteiger partial charge in [0, 0.05) is 6.61 Å². The predicted molar refractivity (Wildman–Crippen MR) is 418 cm³/mol. The van der Waals surface area contributed by atoms with Crippen LogP contribution < -0.4 is 18.9 Å². The average Bonchev–Trinajstić information content (AvgIpc) is 0.760. The van der Waals surface area contributed by atoms with E-state index >= 15 is 0 Å². The molecule has 0 aliphatic heterocycles. The summed E-state index contributed by atoms with van der Waals surface area (Å²) in [6, 6.07) is 26.7. The largest absolute Gasteiger partial charge is 0.497 e. The summed E-state index contributed by atoms with van der Waals surface area (Å²) < 4.78 is 22.0. The lowest BCUT2D eigenvalue weighted by atomic mass is 9.46. The number of hydrogen-bond donors (Lipinski definition) is 1. The van der Waals surface area contributed by atoms with Gasteiger partial charge in [0.15, 0.2) is 0 Å². The zero-order valence-corrected chi connectivity index (χ0v) is 65.9. The first-order chi connectivity index (χ1) is 45.6.